The van der Waals surface area contributed by atoms with E-state index in [0.717, 1.165) is 17.1 Å². The topological polar surface area (TPSA) is 3.24 Å². The lowest BCUT2D eigenvalue weighted by molar-refractivity contribution is 0.660. The molecule has 0 aromatic heterocycles. The molecule has 0 aliphatic heterocycles. The molecule has 60 heavy (non-hydrogen) atoms. The quantitative estimate of drug-likeness (QED) is 0.146. The van der Waals surface area contributed by atoms with Crippen molar-refractivity contribution < 1.29 is 0 Å². The van der Waals surface area contributed by atoms with Crippen LogP contribution in [-0.4, -0.2) is 0 Å². The van der Waals surface area contributed by atoms with E-state index in [-0.39, 0.29) is 5.41 Å². The van der Waals surface area contributed by atoms with Gasteiger partial charge in [0.15, 0.2) is 0 Å². The van der Waals surface area contributed by atoms with Gasteiger partial charge in [-0.2, -0.15) is 0 Å². The number of nitrogens with zero attached hydrogens (tertiary/aromatic N) is 1. The molecule has 0 spiro atoms. The molecule has 1 aliphatic rings. The van der Waals surface area contributed by atoms with Crippen molar-refractivity contribution in [2.75, 3.05) is 4.90 Å². The van der Waals surface area contributed by atoms with Crippen LogP contribution in [0.25, 0.3) is 77.2 Å². The van der Waals surface area contributed by atoms with E-state index >= 15 is 0 Å². The van der Waals surface area contributed by atoms with E-state index in [0.29, 0.717) is 0 Å². The molecule has 10 aromatic carbocycles. The van der Waals surface area contributed by atoms with Crippen LogP contribution in [0.4, 0.5) is 17.1 Å². The molecule has 1 nitrogen and oxygen atoms in total. The second-order valence-electron chi connectivity index (χ2n) is 16.5. The van der Waals surface area contributed by atoms with Gasteiger partial charge in [0.25, 0.3) is 0 Å². The van der Waals surface area contributed by atoms with Crippen LogP contribution in [0.5, 0.6) is 0 Å². The molecule has 11 rings (SSSR count). The summed E-state index contributed by atoms with van der Waals surface area (Å²) in [6, 6.07) is 82.5. The Morgan fingerprint density at radius 3 is 1.67 bits per heavy atom. The number of hydrogen-bond acceptors (Lipinski definition) is 1. The Kier molecular flexibility index (Phi) is 8.57. The summed E-state index contributed by atoms with van der Waals surface area (Å²) in [5.41, 5.74) is 18.3. The monoisotopic (exact) mass is 765 g/mol. The van der Waals surface area contributed by atoms with E-state index < -0.39 is 0 Å². The summed E-state index contributed by atoms with van der Waals surface area (Å²) in [5.74, 6) is 0. The summed E-state index contributed by atoms with van der Waals surface area (Å²) in [4.78, 5) is 2.46. The van der Waals surface area contributed by atoms with Crippen LogP contribution in [0.1, 0.15) is 25.0 Å². The lowest BCUT2D eigenvalue weighted by atomic mass is 9.82. The Balaban J connectivity index is 1.13. The SMILES string of the molecule is CC1(C)c2ccccc2-c2cc(-c3ccc(N(c4ccc5c(ccc6ccccc65)c4)c4cccc(-c5ccccc5)c4-c4ccccc4-c4ccccc4)cc3)ccc21. The molecule has 0 fully saturated rings. The van der Waals surface area contributed by atoms with Crippen LogP contribution in [0.2, 0.25) is 0 Å². The second kappa shape index (κ2) is 14.4. The zero-order valence-electron chi connectivity index (χ0n) is 33.8. The minimum absolute atomic E-state index is 0.0217. The van der Waals surface area contributed by atoms with E-state index in [9.17, 15) is 0 Å². The lowest BCUT2D eigenvalue weighted by Crippen LogP contribution is -2.14. The van der Waals surface area contributed by atoms with Gasteiger partial charge in [-0.25, -0.2) is 0 Å². The van der Waals surface area contributed by atoms with Crippen LogP contribution in [-0.2, 0) is 5.41 Å². The summed E-state index contributed by atoms with van der Waals surface area (Å²) >= 11 is 0. The van der Waals surface area contributed by atoms with Crippen molar-refractivity contribution in [3.63, 3.8) is 0 Å². The van der Waals surface area contributed by atoms with Gasteiger partial charge in [-0.05, 0) is 119 Å². The van der Waals surface area contributed by atoms with Crippen LogP contribution in [0.3, 0.4) is 0 Å². The molecule has 0 atom stereocenters. The van der Waals surface area contributed by atoms with Crippen LogP contribution < -0.4 is 4.90 Å². The van der Waals surface area contributed by atoms with Crippen molar-refractivity contribution in [2.45, 2.75) is 19.3 Å². The second-order valence-corrected chi connectivity index (χ2v) is 16.5. The van der Waals surface area contributed by atoms with Crippen LogP contribution in [0.15, 0.2) is 224 Å². The maximum atomic E-state index is 2.46. The fourth-order valence-corrected chi connectivity index (χ4v) is 9.71. The van der Waals surface area contributed by atoms with Gasteiger partial charge in [0.1, 0.15) is 0 Å². The third-order valence-corrected chi connectivity index (χ3v) is 12.7. The molecule has 0 unspecified atom stereocenters. The first-order chi connectivity index (χ1) is 29.5. The van der Waals surface area contributed by atoms with Crippen molar-refractivity contribution in [3.8, 4) is 55.6 Å². The van der Waals surface area contributed by atoms with Crippen molar-refractivity contribution >= 4 is 38.6 Å². The van der Waals surface area contributed by atoms with Gasteiger partial charge in [-0.15, -0.1) is 0 Å². The molecular formula is C59H43N. The van der Waals surface area contributed by atoms with Crippen LogP contribution in [0, 0.1) is 0 Å². The normalized spacial score (nSPS) is 12.6. The number of fused-ring (bicyclic) bond motifs is 6. The number of hydrogen-bond donors (Lipinski definition) is 0. The molecule has 284 valence electrons. The molecule has 0 saturated heterocycles. The summed E-state index contributed by atoms with van der Waals surface area (Å²) in [5, 5.41) is 4.97. The molecule has 0 radical (unpaired) electrons. The first-order valence-corrected chi connectivity index (χ1v) is 20.9. The van der Waals surface area contributed by atoms with Gasteiger partial charge in [-0.3, -0.25) is 0 Å². The van der Waals surface area contributed by atoms with Gasteiger partial charge in [0, 0.05) is 22.4 Å². The van der Waals surface area contributed by atoms with E-state index in [1.807, 2.05) is 0 Å². The predicted octanol–water partition coefficient (Wildman–Crippen LogP) is 16.4. The maximum absolute atomic E-state index is 2.46. The molecule has 1 aliphatic carbocycles. The Labute approximate surface area is 352 Å². The van der Waals surface area contributed by atoms with E-state index in [4.69, 9.17) is 0 Å². The maximum Gasteiger partial charge on any atom is 0.0546 e. The smallest absolute Gasteiger partial charge is 0.0546 e. The standard InChI is InChI=1S/C59H43N/c1-59(2)55-26-14-13-23-52(55)54-39-44(32-37-56(54)59)40-30-33-46(34-31-40)60(47-35-36-50-45(38-47)29-28-43-20-9-10-21-48(43)50)57-27-15-25-51(42-18-7-4-8-19-42)58(57)53-24-12-11-22-49(53)41-16-5-3-6-17-41/h3-39H,1-2H3. The third-order valence-electron chi connectivity index (χ3n) is 12.7. The minimum atomic E-state index is -0.0217. The lowest BCUT2D eigenvalue weighted by Gasteiger charge is -2.30. The molecule has 0 heterocycles. The molecule has 10 aromatic rings. The van der Waals surface area contributed by atoms with Crippen molar-refractivity contribution in [1.82, 2.24) is 0 Å². The molecule has 1 heteroatoms. The largest absolute Gasteiger partial charge is 0.310 e. The summed E-state index contributed by atoms with van der Waals surface area (Å²) in [7, 11) is 0. The summed E-state index contributed by atoms with van der Waals surface area (Å²) < 4.78 is 0. The first-order valence-electron chi connectivity index (χ1n) is 20.9. The molecule has 0 amide bonds. The van der Waals surface area contributed by atoms with Gasteiger partial charge < -0.3 is 4.90 Å². The average Bonchev–Trinajstić information content (AvgIpc) is 3.55. The van der Waals surface area contributed by atoms with Gasteiger partial charge in [0.2, 0.25) is 0 Å². The fraction of sp³-hybridized carbons (Fsp3) is 0.0508. The number of anilines is 3. The van der Waals surface area contributed by atoms with Gasteiger partial charge in [0.05, 0.1) is 5.69 Å². The summed E-state index contributed by atoms with van der Waals surface area (Å²) in [6.45, 7) is 4.69. The van der Waals surface area contributed by atoms with Crippen LogP contribution >= 0.6 is 0 Å². The van der Waals surface area contributed by atoms with Gasteiger partial charge in [-0.1, -0.05) is 202 Å². The molecule has 0 saturated carbocycles. The summed E-state index contributed by atoms with van der Waals surface area (Å²) in [6.07, 6.45) is 0. The van der Waals surface area contributed by atoms with Crippen molar-refractivity contribution in [1.29, 1.82) is 0 Å². The zero-order chi connectivity index (χ0) is 40.2. The Hall–Kier alpha value is -7.48. The average molecular weight is 766 g/mol. The van der Waals surface area contributed by atoms with Gasteiger partial charge >= 0.3 is 0 Å². The zero-order valence-corrected chi connectivity index (χ0v) is 33.8. The Morgan fingerprint density at radius 1 is 0.317 bits per heavy atom. The predicted molar refractivity (Wildman–Crippen MR) is 255 cm³/mol. The molecule has 0 N–H and O–H groups in total. The van der Waals surface area contributed by atoms with Crippen molar-refractivity contribution in [3.05, 3.63) is 236 Å². The third kappa shape index (κ3) is 5.93. The number of rotatable bonds is 7. The Morgan fingerprint density at radius 2 is 0.883 bits per heavy atom. The molecular weight excluding hydrogens is 723 g/mol. The highest BCUT2D eigenvalue weighted by molar-refractivity contribution is 6.09. The fourth-order valence-electron chi connectivity index (χ4n) is 9.71. The van der Waals surface area contributed by atoms with E-state index in [1.54, 1.807) is 0 Å². The van der Waals surface area contributed by atoms with Crippen molar-refractivity contribution in [2.24, 2.45) is 0 Å². The highest BCUT2D eigenvalue weighted by atomic mass is 15.1. The first kappa shape index (κ1) is 35.7. The number of benzene rings is 10. The highest BCUT2D eigenvalue weighted by Gasteiger charge is 2.35. The Bertz CT molecular complexity index is 3210. The minimum Gasteiger partial charge on any atom is -0.310 e. The highest BCUT2D eigenvalue weighted by Crippen LogP contribution is 2.51. The van der Waals surface area contributed by atoms with E-state index in [2.05, 4.69) is 243 Å². The van der Waals surface area contributed by atoms with E-state index in [1.165, 1.54) is 88.3 Å². The molecule has 0 bridgehead atoms.